The maximum absolute atomic E-state index is 13.5. The number of benzene rings is 2. The monoisotopic (exact) mass is 303 g/mol. The number of hydrogen-bond acceptors (Lipinski definition) is 2. The number of nitrogens with zero attached hydrogens (tertiary/aromatic N) is 1. The lowest BCUT2D eigenvalue weighted by Gasteiger charge is -2.09. The van der Waals surface area contributed by atoms with Gasteiger partial charge in [0.25, 0.3) is 0 Å². The van der Waals surface area contributed by atoms with Crippen molar-refractivity contribution in [3.63, 3.8) is 0 Å². The van der Waals surface area contributed by atoms with Crippen LogP contribution in [0.25, 0.3) is 22.6 Å². The van der Waals surface area contributed by atoms with E-state index in [1.807, 2.05) is 0 Å². The van der Waals surface area contributed by atoms with Gasteiger partial charge in [-0.15, -0.1) is 0 Å². The number of aryl methyl sites for hydroxylation is 1. The first-order valence-corrected chi connectivity index (χ1v) is 6.67. The maximum atomic E-state index is 13.5. The molecule has 0 aliphatic carbocycles. The summed E-state index contributed by atoms with van der Waals surface area (Å²) in [6, 6.07) is 15.0. The van der Waals surface area contributed by atoms with Crippen molar-refractivity contribution in [3.05, 3.63) is 65.7 Å². The molecular formula is C17H12F3NO. The smallest absolute Gasteiger partial charge is 0.355 e. The Bertz CT molecular complexity index is 791. The molecule has 22 heavy (non-hydrogen) atoms. The second kappa shape index (κ2) is 5.33. The molecule has 0 N–H and O–H groups in total. The van der Waals surface area contributed by atoms with Crippen LogP contribution in [0.2, 0.25) is 0 Å². The van der Waals surface area contributed by atoms with Crippen molar-refractivity contribution < 1.29 is 17.7 Å². The Hall–Kier alpha value is -2.56. The molecular weight excluding hydrogens is 291 g/mol. The lowest BCUT2D eigenvalue weighted by Crippen LogP contribution is -2.07. The van der Waals surface area contributed by atoms with Crippen LogP contribution in [-0.2, 0) is 6.18 Å². The highest BCUT2D eigenvalue weighted by Crippen LogP contribution is 2.43. The standard InChI is InChI=1S/C17H12F3NO/c1-11-7-5-6-10-13(11)16-14(17(18,19)20)15(21-22-16)12-8-3-2-4-9-12/h2-10H,1H3. The van der Waals surface area contributed by atoms with Gasteiger partial charge in [0.1, 0.15) is 11.3 Å². The van der Waals surface area contributed by atoms with Crippen molar-refractivity contribution in [2.75, 3.05) is 0 Å². The maximum Gasteiger partial charge on any atom is 0.422 e. The van der Waals surface area contributed by atoms with Crippen LogP contribution in [0.15, 0.2) is 59.1 Å². The zero-order valence-corrected chi connectivity index (χ0v) is 11.7. The quantitative estimate of drug-likeness (QED) is 0.639. The van der Waals surface area contributed by atoms with Gasteiger partial charge in [0.2, 0.25) is 0 Å². The molecule has 0 fully saturated rings. The molecule has 2 aromatic carbocycles. The second-order valence-electron chi connectivity index (χ2n) is 4.91. The fourth-order valence-corrected chi connectivity index (χ4v) is 2.36. The molecule has 0 saturated carbocycles. The van der Waals surface area contributed by atoms with E-state index in [-0.39, 0.29) is 11.5 Å². The van der Waals surface area contributed by atoms with E-state index < -0.39 is 11.7 Å². The highest BCUT2D eigenvalue weighted by Gasteiger charge is 2.41. The summed E-state index contributed by atoms with van der Waals surface area (Å²) in [6.45, 7) is 1.74. The Morgan fingerprint density at radius 1 is 0.909 bits per heavy atom. The zero-order chi connectivity index (χ0) is 15.7. The number of halogens is 3. The molecule has 0 aliphatic rings. The van der Waals surface area contributed by atoms with Crippen LogP contribution in [0.1, 0.15) is 11.1 Å². The highest BCUT2D eigenvalue weighted by molar-refractivity contribution is 5.74. The first-order chi connectivity index (χ1) is 10.5. The van der Waals surface area contributed by atoms with E-state index in [4.69, 9.17) is 4.52 Å². The van der Waals surface area contributed by atoms with Gasteiger partial charge < -0.3 is 4.52 Å². The number of alkyl halides is 3. The van der Waals surface area contributed by atoms with Crippen molar-refractivity contribution in [3.8, 4) is 22.6 Å². The summed E-state index contributed by atoms with van der Waals surface area (Å²) >= 11 is 0. The summed E-state index contributed by atoms with van der Waals surface area (Å²) in [5, 5.41) is 3.68. The van der Waals surface area contributed by atoms with E-state index in [2.05, 4.69) is 5.16 Å². The molecule has 1 heterocycles. The Morgan fingerprint density at radius 2 is 1.55 bits per heavy atom. The van der Waals surface area contributed by atoms with Gasteiger partial charge in [0, 0.05) is 11.1 Å². The van der Waals surface area contributed by atoms with Gasteiger partial charge in [-0.25, -0.2) is 0 Å². The lowest BCUT2D eigenvalue weighted by atomic mass is 9.99. The summed E-state index contributed by atoms with van der Waals surface area (Å²) in [4.78, 5) is 0. The van der Waals surface area contributed by atoms with E-state index in [1.165, 1.54) is 0 Å². The number of aromatic nitrogens is 1. The molecule has 2 nitrogen and oxygen atoms in total. The average molecular weight is 303 g/mol. The first kappa shape index (κ1) is 14.4. The van der Waals surface area contributed by atoms with Crippen LogP contribution in [0.3, 0.4) is 0 Å². The van der Waals surface area contributed by atoms with Crippen LogP contribution in [0.5, 0.6) is 0 Å². The fraction of sp³-hybridized carbons (Fsp3) is 0.118. The van der Waals surface area contributed by atoms with Crippen LogP contribution in [0, 0.1) is 6.92 Å². The third-order valence-electron chi connectivity index (χ3n) is 3.41. The van der Waals surface area contributed by atoms with Gasteiger partial charge in [-0.2, -0.15) is 13.2 Å². The lowest BCUT2D eigenvalue weighted by molar-refractivity contribution is -0.136. The zero-order valence-electron chi connectivity index (χ0n) is 11.7. The Balaban J connectivity index is 2.26. The SMILES string of the molecule is Cc1ccccc1-c1onc(-c2ccccc2)c1C(F)(F)F. The molecule has 0 radical (unpaired) electrons. The largest absolute Gasteiger partial charge is 0.422 e. The predicted octanol–water partition coefficient (Wildman–Crippen LogP) is 5.34. The first-order valence-electron chi connectivity index (χ1n) is 6.67. The molecule has 0 bridgehead atoms. The fourth-order valence-electron chi connectivity index (χ4n) is 2.36. The Kier molecular flexibility index (Phi) is 3.48. The molecule has 0 saturated heterocycles. The third kappa shape index (κ3) is 2.50. The summed E-state index contributed by atoms with van der Waals surface area (Å²) in [5.74, 6) is -0.246. The van der Waals surface area contributed by atoms with Crippen LogP contribution in [-0.4, -0.2) is 5.16 Å². The molecule has 0 spiro atoms. The van der Waals surface area contributed by atoms with E-state index in [0.29, 0.717) is 16.7 Å². The van der Waals surface area contributed by atoms with Crippen LogP contribution < -0.4 is 0 Å². The Morgan fingerprint density at radius 3 is 2.18 bits per heavy atom. The topological polar surface area (TPSA) is 26.0 Å². The summed E-state index contributed by atoms with van der Waals surface area (Å²) in [5.41, 5.74) is 0.436. The van der Waals surface area contributed by atoms with E-state index in [1.54, 1.807) is 61.5 Å². The molecule has 3 aromatic rings. The summed E-state index contributed by atoms with van der Waals surface area (Å²) < 4.78 is 45.7. The minimum absolute atomic E-state index is 0.189. The minimum atomic E-state index is -4.55. The molecule has 0 aliphatic heterocycles. The van der Waals surface area contributed by atoms with Crippen molar-refractivity contribution in [2.45, 2.75) is 13.1 Å². The molecule has 1 aromatic heterocycles. The van der Waals surface area contributed by atoms with Crippen molar-refractivity contribution in [2.24, 2.45) is 0 Å². The van der Waals surface area contributed by atoms with Gasteiger partial charge >= 0.3 is 6.18 Å². The molecule has 0 amide bonds. The van der Waals surface area contributed by atoms with Gasteiger partial charge in [0.05, 0.1) is 0 Å². The molecule has 0 atom stereocenters. The van der Waals surface area contributed by atoms with Crippen molar-refractivity contribution in [1.82, 2.24) is 5.16 Å². The molecule has 3 rings (SSSR count). The van der Waals surface area contributed by atoms with E-state index in [9.17, 15) is 13.2 Å². The highest BCUT2D eigenvalue weighted by atomic mass is 19.4. The van der Waals surface area contributed by atoms with E-state index >= 15 is 0 Å². The van der Waals surface area contributed by atoms with Gasteiger partial charge in [-0.3, -0.25) is 0 Å². The van der Waals surface area contributed by atoms with Crippen LogP contribution >= 0.6 is 0 Å². The summed E-state index contributed by atoms with van der Waals surface area (Å²) in [6.07, 6.45) is -4.55. The van der Waals surface area contributed by atoms with Gasteiger partial charge in [-0.1, -0.05) is 59.8 Å². The second-order valence-corrected chi connectivity index (χ2v) is 4.91. The number of hydrogen-bond donors (Lipinski definition) is 0. The Labute approximate surface area is 125 Å². The van der Waals surface area contributed by atoms with E-state index in [0.717, 1.165) is 0 Å². The van der Waals surface area contributed by atoms with Crippen LogP contribution in [0.4, 0.5) is 13.2 Å². The van der Waals surface area contributed by atoms with Gasteiger partial charge in [0.15, 0.2) is 5.76 Å². The third-order valence-corrected chi connectivity index (χ3v) is 3.41. The van der Waals surface area contributed by atoms with Crippen molar-refractivity contribution in [1.29, 1.82) is 0 Å². The molecule has 5 heteroatoms. The molecule has 0 unspecified atom stereocenters. The normalized spacial score (nSPS) is 11.6. The summed E-state index contributed by atoms with van der Waals surface area (Å²) in [7, 11) is 0. The molecule has 112 valence electrons. The van der Waals surface area contributed by atoms with Crippen molar-refractivity contribution >= 4 is 0 Å². The minimum Gasteiger partial charge on any atom is -0.355 e. The average Bonchev–Trinajstić information content (AvgIpc) is 2.93. The van der Waals surface area contributed by atoms with Gasteiger partial charge in [-0.05, 0) is 12.5 Å². The predicted molar refractivity (Wildman–Crippen MR) is 77.1 cm³/mol. The number of rotatable bonds is 2.